The second-order valence-electron chi connectivity index (χ2n) is 12.3. The molecule has 2 aromatic carbocycles. The number of aryl methyl sites for hydroxylation is 1. The Morgan fingerprint density at radius 3 is 2.28 bits per heavy atom. The minimum atomic E-state index is -0.974. The summed E-state index contributed by atoms with van der Waals surface area (Å²) in [6, 6.07) is 13.5. The highest BCUT2D eigenvalue weighted by atomic mass is 32.1. The maximum atomic E-state index is 13.7. The summed E-state index contributed by atoms with van der Waals surface area (Å²) < 4.78 is 0. The van der Waals surface area contributed by atoms with Crippen LogP contribution < -0.4 is 21.3 Å². The van der Waals surface area contributed by atoms with Crippen LogP contribution in [0, 0.1) is 12.8 Å². The first-order valence-corrected chi connectivity index (χ1v) is 16.9. The summed E-state index contributed by atoms with van der Waals surface area (Å²) in [6.45, 7) is 8.42. The average molecular weight is 661 g/mol. The van der Waals surface area contributed by atoms with Crippen LogP contribution in [-0.4, -0.2) is 70.6 Å². The summed E-state index contributed by atoms with van der Waals surface area (Å²) in [5.41, 5.74) is 4.35. The van der Waals surface area contributed by atoms with Gasteiger partial charge in [-0.3, -0.25) is 24.0 Å². The third-order valence-electron chi connectivity index (χ3n) is 7.97. The number of thiazole rings is 1. The van der Waals surface area contributed by atoms with Crippen molar-refractivity contribution in [3.8, 4) is 0 Å². The van der Waals surface area contributed by atoms with E-state index in [2.05, 4.69) is 26.3 Å². The standard InChI is InChI=1S/C35H44N6O5S/c1-22(2)18-28-33(44)38-24(4)31(42)36-16-8-9-17-41(35(46)30-23(3)37-21-47-30)20-26-12-14-27(15-13-26)32(43)39-29(34(45)40-28)19-25-10-6-5-7-11-25/h5-7,10-15,21-22,24,28-29H,8-9,16-20H2,1-4H3,(H,36,42)(H,38,44)(H,39,43)(H,40,45)/t24-,28+,29-/m1/s1. The van der Waals surface area contributed by atoms with Crippen molar-refractivity contribution in [1.82, 2.24) is 31.2 Å². The van der Waals surface area contributed by atoms with Gasteiger partial charge in [0.15, 0.2) is 0 Å². The first-order valence-electron chi connectivity index (χ1n) is 16.0. The second-order valence-corrected chi connectivity index (χ2v) is 13.2. The lowest BCUT2D eigenvalue weighted by molar-refractivity contribution is -0.132. The monoisotopic (exact) mass is 660 g/mol. The van der Waals surface area contributed by atoms with Crippen LogP contribution in [0.2, 0.25) is 0 Å². The molecule has 1 aromatic heterocycles. The van der Waals surface area contributed by atoms with Crippen molar-refractivity contribution in [3.63, 3.8) is 0 Å². The molecule has 4 N–H and O–H groups in total. The van der Waals surface area contributed by atoms with Gasteiger partial charge in [0, 0.05) is 31.6 Å². The SMILES string of the molecule is Cc1ncsc1C(=O)N1CCCCNC(=O)[C@@H](C)NC(=O)[C@H](CC(C)C)NC(=O)[C@@H](Cc2ccccc2)NC(=O)c2ccc(cc2)C1. The fraction of sp³-hybridized carbons (Fsp3) is 0.429. The summed E-state index contributed by atoms with van der Waals surface area (Å²) in [7, 11) is 0. The van der Waals surface area contributed by atoms with Gasteiger partial charge < -0.3 is 26.2 Å². The molecule has 2 bridgehead atoms. The fourth-order valence-electron chi connectivity index (χ4n) is 5.33. The van der Waals surface area contributed by atoms with Gasteiger partial charge in [-0.1, -0.05) is 56.3 Å². The minimum absolute atomic E-state index is 0.0665. The van der Waals surface area contributed by atoms with Crippen LogP contribution in [0.25, 0.3) is 0 Å². The quantitative estimate of drug-likeness (QED) is 0.309. The van der Waals surface area contributed by atoms with E-state index in [0.29, 0.717) is 55.0 Å². The van der Waals surface area contributed by atoms with Gasteiger partial charge in [-0.05, 0) is 62.3 Å². The van der Waals surface area contributed by atoms with Crippen LogP contribution in [0.15, 0.2) is 60.1 Å². The van der Waals surface area contributed by atoms with Gasteiger partial charge >= 0.3 is 0 Å². The van der Waals surface area contributed by atoms with E-state index < -0.39 is 35.8 Å². The van der Waals surface area contributed by atoms with Gasteiger partial charge in [-0.2, -0.15) is 0 Å². The predicted molar refractivity (Wildman–Crippen MR) is 181 cm³/mol. The third-order valence-corrected chi connectivity index (χ3v) is 8.88. The first kappa shape index (κ1) is 35.3. The zero-order valence-electron chi connectivity index (χ0n) is 27.4. The van der Waals surface area contributed by atoms with Crippen LogP contribution >= 0.6 is 11.3 Å². The van der Waals surface area contributed by atoms with Gasteiger partial charge in [-0.15, -0.1) is 11.3 Å². The molecule has 0 saturated heterocycles. The van der Waals surface area contributed by atoms with E-state index in [0.717, 1.165) is 11.1 Å². The Bertz CT molecular complexity index is 1540. The Morgan fingerprint density at radius 2 is 1.62 bits per heavy atom. The van der Waals surface area contributed by atoms with Gasteiger partial charge in [0.2, 0.25) is 17.7 Å². The number of nitrogens with zero attached hydrogens (tertiary/aromatic N) is 2. The number of aromatic nitrogens is 1. The molecule has 5 amide bonds. The Balaban J connectivity index is 1.62. The molecule has 5 rings (SSSR count). The zero-order valence-corrected chi connectivity index (χ0v) is 28.2. The maximum Gasteiger partial charge on any atom is 0.266 e. The Kier molecular flexibility index (Phi) is 12.6. The van der Waals surface area contributed by atoms with Crippen LogP contribution in [0.5, 0.6) is 0 Å². The molecule has 3 aromatic rings. The molecule has 2 aliphatic heterocycles. The van der Waals surface area contributed by atoms with Crippen LogP contribution in [-0.2, 0) is 27.3 Å². The Labute approximate surface area is 279 Å². The van der Waals surface area contributed by atoms with E-state index in [1.54, 1.807) is 48.5 Å². The molecule has 47 heavy (non-hydrogen) atoms. The van der Waals surface area contributed by atoms with E-state index in [-0.39, 0.29) is 24.2 Å². The van der Waals surface area contributed by atoms with Crippen molar-refractivity contribution in [3.05, 3.63) is 87.4 Å². The number of carbonyl (C=O) groups is 5. The summed E-state index contributed by atoms with van der Waals surface area (Å²) in [6.07, 6.45) is 1.80. The first-order chi connectivity index (χ1) is 22.5. The number of nitrogens with one attached hydrogen (secondary N) is 4. The fourth-order valence-corrected chi connectivity index (χ4v) is 6.10. The van der Waals surface area contributed by atoms with Crippen molar-refractivity contribution >= 4 is 40.9 Å². The number of benzene rings is 2. The molecule has 0 fully saturated rings. The minimum Gasteiger partial charge on any atom is -0.354 e. The topological polar surface area (TPSA) is 150 Å². The lowest BCUT2D eigenvalue weighted by atomic mass is 10.0. The van der Waals surface area contributed by atoms with Gasteiger partial charge in [0.05, 0.1) is 11.2 Å². The van der Waals surface area contributed by atoms with E-state index in [1.807, 2.05) is 44.2 Å². The molecule has 0 unspecified atom stereocenters. The lowest BCUT2D eigenvalue weighted by Gasteiger charge is -2.25. The van der Waals surface area contributed by atoms with E-state index in [4.69, 9.17) is 0 Å². The molecule has 3 atom stereocenters. The van der Waals surface area contributed by atoms with E-state index >= 15 is 0 Å². The normalized spacial score (nSPS) is 20.5. The highest BCUT2D eigenvalue weighted by Gasteiger charge is 2.30. The Morgan fingerprint density at radius 1 is 0.915 bits per heavy atom. The summed E-state index contributed by atoms with van der Waals surface area (Å²) in [4.78, 5) is 73.4. The van der Waals surface area contributed by atoms with Gasteiger partial charge in [0.25, 0.3) is 11.8 Å². The van der Waals surface area contributed by atoms with E-state index in [9.17, 15) is 24.0 Å². The number of hydrogen-bond donors (Lipinski definition) is 4. The van der Waals surface area contributed by atoms with Crippen molar-refractivity contribution < 1.29 is 24.0 Å². The molecule has 0 saturated carbocycles. The van der Waals surface area contributed by atoms with Crippen molar-refractivity contribution in [2.24, 2.45) is 5.92 Å². The van der Waals surface area contributed by atoms with Crippen molar-refractivity contribution in [2.45, 2.75) is 78.0 Å². The molecule has 12 heteroatoms. The third kappa shape index (κ3) is 10.2. The number of amides is 5. The largest absolute Gasteiger partial charge is 0.354 e. The molecule has 0 radical (unpaired) electrons. The zero-order chi connectivity index (χ0) is 33.9. The molecule has 250 valence electrons. The molecule has 2 aliphatic rings. The van der Waals surface area contributed by atoms with Crippen molar-refractivity contribution in [2.75, 3.05) is 13.1 Å². The number of hydrogen-bond acceptors (Lipinski definition) is 7. The summed E-state index contributed by atoms with van der Waals surface area (Å²) in [5, 5.41) is 11.3. The van der Waals surface area contributed by atoms with Crippen LogP contribution in [0.3, 0.4) is 0 Å². The summed E-state index contributed by atoms with van der Waals surface area (Å²) in [5.74, 6) is -1.83. The van der Waals surface area contributed by atoms with Crippen LogP contribution in [0.4, 0.5) is 0 Å². The number of rotatable bonds is 5. The molecule has 3 heterocycles. The van der Waals surface area contributed by atoms with Gasteiger partial charge in [0.1, 0.15) is 23.0 Å². The average Bonchev–Trinajstić information content (AvgIpc) is 3.48. The van der Waals surface area contributed by atoms with Crippen LogP contribution in [0.1, 0.15) is 76.9 Å². The lowest BCUT2D eigenvalue weighted by Crippen LogP contribution is -2.57. The highest BCUT2D eigenvalue weighted by molar-refractivity contribution is 7.11. The maximum absolute atomic E-state index is 13.7. The predicted octanol–water partition coefficient (Wildman–Crippen LogP) is 3.38. The Hall–Kier alpha value is -4.58. The molecule has 11 nitrogen and oxygen atoms in total. The molecule has 0 spiro atoms. The molecular weight excluding hydrogens is 616 g/mol. The number of carbonyl (C=O) groups excluding carboxylic acids is 5. The molecular formula is C35H44N6O5S. The second kappa shape index (κ2) is 16.8. The van der Waals surface area contributed by atoms with Crippen molar-refractivity contribution in [1.29, 1.82) is 0 Å². The summed E-state index contributed by atoms with van der Waals surface area (Å²) >= 11 is 1.30. The molecule has 0 aliphatic carbocycles. The van der Waals surface area contributed by atoms with E-state index in [1.165, 1.54) is 11.3 Å². The highest BCUT2D eigenvalue weighted by Crippen LogP contribution is 2.18. The van der Waals surface area contributed by atoms with Gasteiger partial charge in [-0.25, -0.2) is 4.98 Å². The smallest absolute Gasteiger partial charge is 0.266 e. The number of fused-ring (bicyclic) bond motifs is 18.